The molecule has 4 aromatic rings. The normalized spacial score (nSPS) is 22.6. The van der Waals surface area contributed by atoms with E-state index in [2.05, 4.69) is 30.9 Å². The van der Waals surface area contributed by atoms with Gasteiger partial charge in [0.15, 0.2) is 0 Å². The summed E-state index contributed by atoms with van der Waals surface area (Å²) in [6.45, 7) is 0. The van der Waals surface area contributed by atoms with Crippen molar-refractivity contribution < 1.29 is 0 Å². The smallest absolute Gasteiger partial charge is 0.251 e. The van der Waals surface area contributed by atoms with E-state index in [1.807, 2.05) is 47.2 Å². The predicted molar refractivity (Wildman–Crippen MR) is 113 cm³/mol. The number of benzene rings is 1. The van der Waals surface area contributed by atoms with E-state index in [9.17, 15) is 4.79 Å². The predicted octanol–water partition coefficient (Wildman–Crippen LogP) is 3.68. The van der Waals surface area contributed by atoms with Crippen molar-refractivity contribution in [2.24, 2.45) is 11.8 Å². The van der Waals surface area contributed by atoms with E-state index in [0.29, 0.717) is 17.8 Å². The molecule has 2 saturated carbocycles. The highest BCUT2D eigenvalue weighted by atomic mass is 16.1. The first-order valence-corrected chi connectivity index (χ1v) is 10.4. The fourth-order valence-corrected chi connectivity index (χ4v) is 5.22. The largest absolute Gasteiger partial charge is 0.340 e. The first-order chi connectivity index (χ1) is 14.7. The summed E-state index contributed by atoms with van der Waals surface area (Å²) >= 11 is 0. The molecule has 0 amide bonds. The molecule has 150 valence electrons. The third-order valence-corrected chi connectivity index (χ3v) is 6.61. The lowest BCUT2D eigenvalue weighted by atomic mass is 9.94. The van der Waals surface area contributed by atoms with Gasteiger partial charge >= 0.3 is 0 Å². The summed E-state index contributed by atoms with van der Waals surface area (Å²) in [4.78, 5) is 17.4. The Hall–Kier alpha value is -3.55. The molecule has 1 aromatic carbocycles. The molecule has 3 unspecified atom stereocenters. The molecule has 3 atom stereocenters. The summed E-state index contributed by atoms with van der Waals surface area (Å²) in [5.74, 6) is 2.68. The van der Waals surface area contributed by atoms with Crippen LogP contribution in [0, 0.1) is 11.8 Å². The molecule has 2 bridgehead atoms. The fraction of sp³-hybridized carbons (Fsp3) is 0.318. The minimum Gasteiger partial charge on any atom is -0.340 e. The number of rotatable bonds is 4. The lowest BCUT2D eigenvalue weighted by molar-refractivity contribution is 0.330. The Labute approximate surface area is 172 Å². The SMILES string of the molecule is O=c1ccc2cnc(Nc3ccc(-c4nn[nH]n4)cc3)cc2n1C1CC2CCC1C2. The van der Waals surface area contributed by atoms with Gasteiger partial charge < -0.3 is 9.88 Å². The maximum absolute atomic E-state index is 12.8. The van der Waals surface area contributed by atoms with Crippen LogP contribution in [0.15, 0.2) is 53.5 Å². The standard InChI is InChI=1S/C22H21N7O/c30-21-8-5-16-12-23-20(11-19(16)29(21)18-10-13-1-2-15(18)9-13)24-17-6-3-14(4-7-17)22-25-27-28-26-22/h3-8,11-13,15,18H,1-2,9-10H2,(H,23,24)(H,25,26,27,28). The second-order valence-electron chi connectivity index (χ2n) is 8.35. The van der Waals surface area contributed by atoms with Gasteiger partial charge in [0.05, 0.1) is 5.52 Å². The molecular formula is C22H21N7O. The Balaban J connectivity index is 1.34. The lowest BCUT2D eigenvalue weighted by Gasteiger charge is -2.25. The molecule has 0 aliphatic heterocycles. The Morgan fingerprint density at radius 3 is 2.70 bits per heavy atom. The maximum Gasteiger partial charge on any atom is 0.251 e. The number of hydrogen-bond donors (Lipinski definition) is 2. The van der Waals surface area contributed by atoms with Gasteiger partial charge in [-0.1, -0.05) is 6.42 Å². The summed E-state index contributed by atoms with van der Waals surface area (Å²) in [5.41, 5.74) is 2.83. The molecule has 2 aliphatic carbocycles. The summed E-state index contributed by atoms with van der Waals surface area (Å²) in [6.07, 6.45) is 6.77. The average Bonchev–Trinajstić information content (AvgIpc) is 3.53. The molecule has 2 fully saturated rings. The number of tetrazole rings is 1. The lowest BCUT2D eigenvalue weighted by Crippen LogP contribution is -2.27. The van der Waals surface area contributed by atoms with E-state index in [0.717, 1.165) is 40.3 Å². The Morgan fingerprint density at radius 2 is 1.97 bits per heavy atom. The minimum absolute atomic E-state index is 0.0849. The van der Waals surface area contributed by atoms with Crippen molar-refractivity contribution in [3.05, 3.63) is 59.0 Å². The Kier molecular flexibility index (Phi) is 3.90. The number of nitrogens with zero attached hydrogens (tertiary/aromatic N) is 5. The molecule has 2 N–H and O–H groups in total. The van der Waals surface area contributed by atoms with Gasteiger partial charge in [0.1, 0.15) is 5.82 Å². The van der Waals surface area contributed by atoms with Crippen LogP contribution in [0.25, 0.3) is 22.3 Å². The zero-order chi connectivity index (χ0) is 20.1. The van der Waals surface area contributed by atoms with E-state index >= 15 is 0 Å². The van der Waals surface area contributed by atoms with Gasteiger partial charge in [-0.2, -0.15) is 5.21 Å². The molecule has 0 radical (unpaired) electrons. The number of hydrogen-bond acceptors (Lipinski definition) is 6. The summed E-state index contributed by atoms with van der Waals surface area (Å²) < 4.78 is 2.02. The van der Waals surface area contributed by atoms with Crippen LogP contribution in [0.2, 0.25) is 0 Å². The minimum atomic E-state index is 0.0849. The van der Waals surface area contributed by atoms with Crippen LogP contribution < -0.4 is 10.9 Å². The number of nitrogens with one attached hydrogen (secondary N) is 2. The topological polar surface area (TPSA) is 101 Å². The molecule has 6 rings (SSSR count). The molecule has 8 nitrogen and oxygen atoms in total. The van der Waals surface area contributed by atoms with Gasteiger partial charge in [0.2, 0.25) is 5.82 Å². The highest BCUT2D eigenvalue weighted by molar-refractivity contribution is 5.81. The molecule has 2 aliphatic rings. The van der Waals surface area contributed by atoms with Crippen LogP contribution in [0.1, 0.15) is 31.7 Å². The third kappa shape index (κ3) is 2.87. The number of aromatic amines is 1. The van der Waals surface area contributed by atoms with Crippen LogP contribution in [0.3, 0.4) is 0 Å². The van der Waals surface area contributed by atoms with Gasteiger partial charge in [-0.3, -0.25) is 4.79 Å². The first-order valence-electron chi connectivity index (χ1n) is 10.4. The van der Waals surface area contributed by atoms with Gasteiger partial charge in [-0.05, 0) is 66.6 Å². The van der Waals surface area contributed by atoms with Crippen LogP contribution in [0.5, 0.6) is 0 Å². The summed E-state index contributed by atoms with van der Waals surface area (Å²) in [5, 5.41) is 18.4. The quantitative estimate of drug-likeness (QED) is 0.543. The second-order valence-corrected chi connectivity index (χ2v) is 8.35. The number of anilines is 2. The number of fused-ring (bicyclic) bond motifs is 3. The van der Waals surface area contributed by atoms with Crippen molar-refractivity contribution in [2.75, 3.05) is 5.32 Å². The van der Waals surface area contributed by atoms with Crippen molar-refractivity contribution in [1.82, 2.24) is 30.2 Å². The maximum atomic E-state index is 12.8. The highest BCUT2D eigenvalue weighted by Gasteiger charge is 2.41. The van der Waals surface area contributed by atoms with Crippen molar-refractivity contribution in [1.29, 1.82) is 0 Å². The van der Waals surface area contributed by atoms with Gasteiger partial charge in [0.25, 0.3) is 5.56 Å². The molecule has 30 heavy (non-hydrogen) atoms. The van der Waals surface area contributed by atoms with E-state index in [-0.39, 0.29) is 5.56 Å². The van der Waals surface area contributed by atoms with Crippen molar-refractivity contribution in [3.63, 3.8) is 0 Å². The van der Waals surface area contributed by atoms with Crippen molar-refractivity contribution >= 4 is 22.4 Å². The third-order valence-electron chi connectivity index (χ3n) is 6.61. The Morgan fingerprint density at radius 1 is 1.07 bits per heavy atom. The van der Waals surface area contributed by atoms with Gasteiger partial charge in [-0.25, -0.2) is 4.98 Å². The van der Waals surface area contributed by atoms with Crippen LogP contribution in [0.4, 0.5) is 11.5 Å². The average molecular weight is 399 g/mol. The van der Waals surface area contributed by atoms with E-state index < -0.39 is 0 Å². The highest BCUT2D eigenvalue weighted by Crippen LogP contribution is 2.50. The molecule has 3 aromatic heterocycles. The molecule has 3 heterocycles. The number of pyridine rings is 2. The monoisotopic (exact) mass is 399 g/mol. The Bertz CT molecular complexity index is 1260. The number of H-pyrrole nitrogens is 1. The van der Waals surface area contributed by atoms with Crippen molar-refractivity contribution in [2.45, 2.75) is 31.7 Å². The zero-order valence-electron chi connectivity index (χ0n) is 16.3. The molecule has 0 saturated heterocycles. The molecular weight excluding hydrogens is 378 g/mol. The van der Waals surface area contributed by atoms with E-state index in [1.165, 1.54) is 19.3 Å². The van der Waals surface area contributed by atoms with Crippen LogP contribution >= 0.6 is 0 Å². The second kappa shape index (κ2) is 6.76. The van der Waals surface area contributed by atoms with Gasteiger partial charge in [-0.15, -0.1) is 10.2 Å². The van der Waals surface area contributed by atoms with E-state index in [4.69, 9.17) is 0 Å². The fourth-order valence-electron chi connectivity index (χ4n) is 5.22. The molecule has 8 heteroatoms. The first kappa shape index (κ1) is 17.3. The van der Waals surface area contributed by atoms with Crippen molar-refractivity contribution in [3.8, 4) is 11.4 Å². The van der Waals surface area contributed by atoms with E-state index in [1.54, 1.807) is 6.07 Å². The molecule has 0 spiro atoms. The number of aromatic nitrogens is 6. The summed E-state index contributed by atoms with van der Waals surface area (Å²) in [7, 11) is 0. The zero-order valence-corrected chi connectivity index (χ0v) is 16.3. The van der Waals surface area contributed by atoms with Crippen LogP contribution in [-0.2, 0) is 0 Å². The van der Waals surface area contributed by atoms with Crippen LogP contribution in [-0.4, -0.2) is 30.2 Å². The summed E-state index contributed by atoms with van der Waals surface area (Å²) in [6, 6.07) is 13.6. The van der Waals surface area contributed by atoms with Gasteiger partial charge in [0, 0.05) is 41.0 Å².